The van der Waals surface area contributed by atoms with Crippen molar-refractivity contribution >= 4 is 5.82 Å². The van der Waals surface area contributed by atoms with Crippen molar-refractivity contribution in [2.45, 2.75) is 20.8 Å². The molecule has 0 unspecified atom stereocenters. The fourth-order valence-corrected chi connectivity index (χ4v) is 1.57. The lowest BCUT2D eigenvalue weighted by molar-refractivity contribution is 1.07. The number of pyridine rings is 2. The SMILES string of the molecule is CC.Cc1cc(-c2ccnc(N(C)C)c2)ccn1. The summed E-state index contributed by atoms with van der Waals surface area (Å²) in [7, 11) is 3.98. The van der Waals surface area contributed by atoms with E-state index in [1.165, 1.54) is 11.1 Å². The van der Waals surface area contributed by atoms with Crippen LogP contribution in [0.25, 0.3) is 11.1 Å². The van der Waals surface area contributed by atoms with Gasteiger partial charge in [0.1, 0.15) is 5.82 Å². The standard InChI is InChI=1S/C13H15N3.C2H6/c1-10-8-11(4-6-14-10)12-5-7-15-13(9-12)16(2)3;1-2/h4-9H,1-3H3;1-2H3. The molecule has 2 heterocycles. The number of anilines is 1. The topological polar surface area (TPSA) is 29.0 Å². The highest BCUT2D eigenvalue weighted by Gasteiger charge is 2.01. The number of hydrogen-bond donors (Lipinski definition) is 0. The van der Waals surface area contributed by atoms with E-state index in [1.54, 1.807) is 0 Å². The fraction of sp³-hybridized carbons (Fsp3) is 0.333. The summed E-state index contributed by atoms with van der Waals surface area (Å²) in [5.41, 5.74) is 3.38. The molecule has 0 radical (unpaired) electrons. The third-order valence-corrected chi connectivity index (χ3v) is 2.43. The van der Waals surface area contributed by atoms with Gasteiger partial charge in [-0.1, -0.05) is 13.8 Å². The van der Waals surface area contributed by atoms with E-state index in [0.717, 1.165) is 11.5 Å². The van der Waals surface area contributed by atoms with Crippen LogP contribution in [0, 0.1) is 6.92 Å². The smallest absolute Gasteiger partial charge is 0.128 e. The maximum absolute atomic E-state index is 4.30. The fourth-order valence-electron chi connectivity index (χ4n) is 1.57. The predicted octanol–water partition coefficient (Wildman–Crippen LogP) is 3.54. The van der Waals surface area contributed by atoms with E-state index in [1.807, 2.05) is 64.3 Å². The zero-order chi connectivity index (χ0) is 13.5. The van der Waals surface area contributed by atoms with Crippen molar-refractivity contribution in [3.05, 3.63) is 42.4 Å². The number of hydrogen-bond acceptors (Lipinski definition) is 3. The molecule has 0 aromatic carbocycles. The maximum atomic E-state index is 4.30. The van der Waals surface area contributed by atoms with E-state index in [4.69, 9.17) is 0 Å². The molecule has 3 nitrogen and oxygen atoms in total. The summed E-state index contributed by atoms with van der Waals surface area (Å²) in [4.78, 5) is 10.5. The van der Waals surface area contributed by atoms with Crippen molar-refractivity contribution in [2.24, 2.45) is 0 Å². The van der Waals surface area contributed by atoms with Crippen molar-refractivity contribution in [2.75, 3.05) is 19.0 Å². The molecule has 0 aliphatic rings. The van der Waals surface area contributed by atoms with Crippen molar-refractivity contribution in [3.8, 4) is 11.1 Å². The Morgan fingerprint density at radius 1 is 0.889 bits per heavy atom. The highest BCUT2D eigenvalue weighted by molar-refractivity contribution is 5.66. The molecule has 0 fully saturated rings. The molecule has 0 aliphatic carbocycles. The Morgan fingerprint density at radius 3 is 2.00 bits per heavy atom. The first-order valence-electron chi connectivity index (χ1n) is 6.23. The molecule has 3 heteroatoms. The van der Waals surface area contributed by atoms with Gasteiger partial charge in [0, 0.05) is 32.2 Å². The normalized spacial score (nSPS) is 9.39. The summed E-state index contributed by atoms with van der Waals surface area (Å²) in [6, 6.07) is 8.19. The minimum absolute atomic E-state index is 0.965. The summed E-state index contributed by atoms with van der Waals surface area (Å²) in [5.74, 6) is 0.965. The molecular formula is C15H21N3. The Hall–Kier alpha value is -1.90. The summed E-state index contributed by atoms with van der Waals surface area (Å²) in [5, 5.41) is 0. The van der Waals surface area contributed by atoms with Crippen LogP contribution < -0.4 is 4.90 Å². The highest BCUT2D eigenvalue weighted by Crippen LogP contribution is 2.21. The molecule has 0 amide bonds. The Bertz CT molecular complexity index is 493. The van der Waals surface area contributed by atoms with Gasteiger partial charge >= 0.3 is 0 Å². The average molecular weight is 243 g/mol. The summed E-state index contributed by atoms with van der Waals surface area (Å²) < 4.78 is 0. The third-order valence-electron chi connectivity index (χ3n) is 2.43. The number of aryl methyl sites for hydroxylation is 1. The van der Waals surface area contributed by atoms with Crippen molar-refractivity contribution in [3.63, 3.8) is 0 Å². The summed E-state index contributed by atoms with van der Waals surface area (Å²) in [6.07, 6.45) is 3.67. The van der Waals surface area contributed by atoms with Crippen molar-refractivity contribution in [1.82, 2.24) is 9.97 Å². The molecule has 0 spiro atoms. The summed E-state index contributed by atoms with van der Waals surface area (Å²) >= 11 is 0. The minimum Gasteiger partial charge on any atom is -0.363 e. The first-order valence-corrected chi connectivity index (χ1v) is 6.23. The van der Waals surface area contributed by atoms with Gasteiger partial charge in [-0.05, 0) is 42.3 Å². The summed E-state index contributed by atoms with van der Waals surface area (Å²) in [6.45, 7) is 6.00. The van der Waals surface area contributed by atoms with Gasteiger partial charge in [0.2, 0.25) is 0 Å². The molecule has 0 atom stereocenters. The molecule has 2 aromatic rings. The van der Waals surface area contributed by atoms with Crippen LogP contribution in [0.5, 0.6) is 0 Å². The van der Waals surface area contributed by atoms with Crippen LogP contribution in [0.1, 0.15) is 19.5 Å². The molecular weight excluding hydrogens is 222 g/mol. The van der Waals surface area contributed by atoms with Gasteiger partial charge in [-0.25, -0.2) is 4.98 Å². The van der Waals surface area contributed by atoms with Gasteiger partial charge in [0.15, 0.2) is 0 Å². The second-order valence-corrected chi connectivity index (χ2v) is 3.98. The predicted molar refractivity (Wildman–Crippen MR) is 77.9 cm³/mol. The van der Waals surface area contributed by atoms with Crippen molar-refractivity contribution in [1.29, 1.82) is 0 Å². The van der Waals surface area contributed by atoms with Gasteiger partial charge in [0.05, 0.1) is 0 Å². The highest BCUT2D eigenvalue weighted by atomic mass is 15.1. The largest absolute Gasteiger partial charge is 0.363 e. The lowest BCUT2D eigenvalue weighted by atomic mass is 10.1. The lowest BCUT2D eigenvalue weighted by Crippen LogP contribution is -2.10. The van der Waals surface area contributed by atoms with Crippen molar-refractivity contribution < 1.29 is 0 Å². The van der Waals surface area contributed by atoms with Gasteiger partial charge in [-0.3, -0.25) is 4.98 Å². The monoisotopic (exact) mass is 243 g/mol. The van der Waals surface area contributed by atoms with Crippen LogP contribution in [-0.4, -0.2) is 24.1 Å². The molecule has 0 saturated carbocycles. The average Bonchev–Trinajstić information content (AvgIpc) is 2.41. The van der Waals surface area contributed by atoms with Crippen LogP contribution in [0.2, 0.25) is 0 Å². The Balaban J connectivity index is 0.000000771. The zero-order valence-corrected chi connectivity index (χ0v) is 11.8. The van der Waals surface area contributed by atoms with Gasteiger partial charge < -0.3 is 4.90 Å². The van der Waals surface area contributed by atoms with E-state index >= 15 is 0 Å². The van der Waals surface area contributed by atoms with Crippen LogP contribution >= 0.6 is 0 Å². The van der Waals surface area contributed by atoms with E-state index in [2.05, 4.69) is 22.1 Å². The lowest BCUT2D eigenvalue weighted by Gasteiger charge is -2.12. The van der Waals surface area contributed by atoms with Crippen LogP contribution in [0.3, 0.4) is 0 Å². The second-order valence-electron chi connectivity index (χ2n) is 3.98. The minimum atomic E-state index is 0.965. The Kier molecular flexibility index (Phi) is 5.31. The molecule has 0 N–H and O–H groups in total. The molecule has 0 aliphatic heterocycles. The van der Waals surface area contributed by atoms with E-state index in [9.17, 15) is 0 Å². The van der Waals surface area contributed by atoms with E-state index in [0.29, 0.717) is 0 Å². The molecule has 96 valence electrons. The van der Waals surface area contributed by atoms with Crippen LogP contribution in [0.15, 0.2) is 36.7 Å². The number of aromatic nitrogens is 2. The first-order chi connectivity index (χ1) is 8.66. The third kappa shape index (κ3) is 3.55. The Morgan fingerprint density at radius 2 is 1.44 bits per heavy atom. The maximum Gasteiger partial charge on any atom is 0.128 e. The van der Waals surface area contributed by atoms with Crippen LogP contribution in [-0.2, 0) is 0 Å². The first kappa shape index (κ1) is 14.2. The molecule has 18 heavy (non-hydrogen) atoms. The molecule has 0 bridgehead atoms. The van der Waals surface area contributed by atoms with E-state index in [-0.39, 0.29) is 0 Å². The van der Waals surface area contributed by atoms with Gasteiger partial charge in [-0.15, -0.1) is 0 Å². The molecule has 2 rings (SSSR count). The molecule has 0 saturated heterocycles. The number of rotatable bonds is 2. The Labute approximate surface area is 110 Å². The second kappa shape index (κ2) is 6.74. The van der Waals surface area contributed by atoms with Crippen LogP contribution in [0.4, 0.5) is 5.82 Å². The van der Waals surface area contributed by atoms with E-state index < -0.39 is 0 Å². The quantitative estimate of drug-likeness (QED) is 0.807. The van der Waals surface area contributed by atoms with Gasteiger partial charge in [-0.2, -0.15) is 0 Å². The van der Waals surface area contributed by atoms with Gasteiger partial charge in [0.25, 0.3) is 0 Å². The zero-order valence-electron chi connectivity index (χ0n) is 11.8. The number of nitrogens with zero attached hydrogens (tertiary/aromatic N) is 3. The molecule has 2 aromatic heterocycles.